The van der Waals surface area contributed by atoms with E-state index in [4.69, 9.17) is 9.47 Å². The van der Waals surface area contributed by atoms with E-state index in [9.17, 15) is 5.11 Å². The van der Waals surface area contributed by atoms with Crippen LogP contribution in [-0.4, -0.2) is 32.6 Å². The number of thioether (sulfide) groups is 1. The predicted octanol–water partition coefficient (Wildman–Crippen LogP) is 1.64. The highest BCUT2D eigenvalue weighted by Crippen LogP contribution is 2.36. The second-order valence-corrected chi connectivity index (χ2v) is 3.99. The van der Waals surface area contributed by atoms with E-state index in [0.717, 1.165) is 10.6 Å². The van der Waals surface area contributed by atoms with Gasteiger partial charge in [0.25, 0.3) is 0 Å². The van der Waals surface area contributed by atoms with Crippen molar-refractivity contribution in [3.63, 3.8) is 0 Å². The number of ether oxygens (including phenoxy) is 2. The zero-order valence-corrected chi connectivity index (χ0v) is 10.7. The van der Waals surface area contributed by atoms with Crippen LogP contribution in [0.2, 0.25) is 0 Å². The third-order valence-corrected chi connectivity index (χ3v) is 3.06. The summed E-state index contributed by atoms with van der Waals surface area (Å²) in [5, 5.41) is 12.5. The monoisotopic (exact) mass is 243 g/mol. The Labute approximate surface area is 100.0 Å². The number of methoxy groups -OCH3 is 2. The van der Waals surface area contributed by atoms with Crippen LogP contribution in [0.15, 0.2) is 17.0 Å². The molecule has 0 aliphatic rings. The van der Waals surface area contributed by atoms with E-state index >= 15 is 0 Å². The van der Waals surface area contributed by atoms with Gasteiger partial charge in [-0.05, 0) is 25.4 Å². The molecule has 1 unspecified atom stereocenters. The third-order valence-electron chi connectivity index (χ3n) is 2.30. The van der Waals surface area contributed by atoms with Gasteiger partial charge in [0.1, 0.15) is 17.7 Å². The van der Waals surface area contributed by atoms with Gasteiger partial charge in [-0.1, -0.05) is 0 Å². The number of benzene rings is 1. The third kappa shape index (κ3) is 2.61. The van der Waals surface area contributed by atoms with Gasteiger partial charge in [0, 0.05) is 5.56 Å². The van der Waals surface area contributed by atoms with Crippen molar-refractivity contribution in [3.05, 3.63) is 17.7 Å². The van der Waals surface area contributed by atoms with E-state index in [-0.39, 0.29) is 0 Å². The van der Waals surface area contributed by atoms with Crippen LogP contribution in [0.1, 0.15) is 11.8 Å². The molecule has 0 aromatic heterocycles. The van der Waals surface area contributed by atoms with E-state index < -0.39 is 6.23 Å². The summed E-state index contributed by atoms with van der Waals surface area (Å²) in [6.45, 7) is 0. The second kappa shape index (κ2) is 5.98. The summed E-state index contributed by atoms with van der Waals surface area (Å²) in [4.78, 5) is 0.978. The number of rotatable bonds is 5. The van der Waals surface area contributed by atoms with Crippen LogP contribution in [0.5, 0.6) is 11.5 Å². The molecule has 1 aromatic rings. The van der Waals surface area contributed by atoms with Crippen molar-refractivity contribution in [1.82, 2.24) is 5.32 Å². The molecule has 4 nitrogen and oxygen atoms in total. The predicted molar refractivity (Wildman–Crippen MR) is 65.3 cm³/mol. The lowest BCUT2D eigenvalue weighted by Crippen LogP contribution is -2.16. The summed E-state index contributed by atoms with van der Waals surface area (Å²) in [6.07, 6.45) is 1.20. The minimum Gasteiger partial charge on any atom is -0.496 e. The molecule has 2 N–H and O–H groups in total. The van der Waals surface area contributed by atoms with Crippen molar-refractivity contribution >= 4 is 11.8 Å². The van der Waals surface area contributed by atoms with Crippen molar-refractivity contribution in [2.75, 3.05) is 27.5 Å². The van der Waals surface area contributed by atoms with Crippen LogP contribution < -0.4 is 14.8 Å². The maximum absolute atomic E-state index is 9.77. The molecule has 16 heavy (non-hydrogen) atoms. The lowest BCUT2D eigenvalue weighted by molar-refractivity contribution is 0.145. The lowest BCUT2D eigenvalue weighted by atomic mass is 10.1. The molecular weight excluding hydrogens is 226 g/mol. The molecule has 0 fully saturated rings. The molecular formula is C11H17NO3S. The summed E-state index contributed by atoms with van der Waals surface area (Å²) in [7, 11) is 4.87. The van der Waals surface area contributed by atoms with E-state index in [1.165, 1.54) is 0 Å². The van der Waals surface area contributed by atoms with E-state index in [1.807, 2.05) is 12.3 Å². The van der Waals surface area contributed by atoms with Gasteiger partial charge in [-0.25, -0.2) is 0 Å². The Morgan fingerprint density at radius 3 is 2.31 bits per heavy atom. The number of hydrogen-bond donors (Lipinski definition) is 2. The van der Waals surface area contributed by atoms with Gasteiger partial charge in [0.2, 0.25) is 0 Å². The molecule has 0 heterocycles. The maximum Gasteiger partial charge on any atom is 0.134 e. The quantitative estimate of drug-likeness (QED) is 0.608. The van der Waals surface area contributed by atoms with E-state index in [2.05, 4.69) is 5.32 Å². The highest BCUT2D eigenvalue weighted by atomic mass is 32.2. The topological polar surface area (TPSA) is 50.7 Å². The molecule has 0 aliphatic carbocycles. The van der Waals surface area contributed by atoms with Crippen LogP contribution in [0.4, 0.5) is 0 Å². The average molecular weight is 243 g/mol. The fraction of sp³-hybridized carbons (Fsp3) is 0.455. The van der Waals surface area contributed by atoms with Crippen LogP contribution in [0, 0.1) is 0 Å². The van der Waals surface area contributed by atoms with Gasteiger partial charge >= 0.3 is 0 Å². The fourth-order valence-electron chi connectivity index (χ4n) is 1.42. The van der Waals surface area contributed by atoms with E-state index in [1.54, 1.807) is 39.1 Å². The van der Waals surface area contributed by atoms with Crippen LogP contribution in [0.3, 0.4) is 0 Å². The summed E-state index contributed by atoms with van der Waals surface area (Å²) >= 11 is 1.57. The first-order chi connectivity index (χ1) is 7.67. The van der Waals surface area contributed by atoms with Gasteiger partial charge in [-0.2, -0.15) is 0 Å². The number of hydrogen-bond acceptors (Lipinski definition) is 5. The Morgan fingerprint density at radius 2 is 1.88 bits per heavy atom. The number of nitrogens with one attached hydrogen (secondary N) is 1. The summed E-state index contributed by atoms with van der Waals surface area (Å²) in [5.41, 5.74) is 0.666. The van der Waals surface area contributed by atoms with Crippen molar-refractivity contribution in [2.45, 2.75) is 11.1 Å². The van der Waals surface area contributed by atoms with Crippen molar-refractivity contribution in [1.29, 1.82) is 0 Å². The number of aliphatic hydroxyl groups excluding tert-OH is 1. The Morgan fingerprint density at radius 1 is 1.25 bits per heavy atom. The number of aliphatic hydroxyl groups is 1. The zero-order valence-electron chi connectivity index (χ0n) is 9.90. The van der Waals surface area contributed by atoms with E-state index in [0.29, 0.717) is 11.3 Å². The lowest BCUT2D eigenvalue weighted by Gasteiger charge is -2.17. The maximum atomic E-state index is 9.77. The van der Waals surface area contributed by atoms with Gasteiger partial charge < -0.3 is 14.6 Å². The van der Waals surface area contributed by atoms with Crippen molar-refractivity contribution < 1.29 is 14.6 Å². The Balaban J connectivity index is 3.25. The largest absolute Gasteiger partial charge is 0.496 e. The normalized spacial score (nSPS) is 12.3. The second-order valence-electron chi connectivity index (χ2n) is 3.14. The Hall–Kier alpha value is -0.910. The molecule has 0 amide bonds. The molecule has 0 saturated carbocycles. The van der Waals surface area contributed by atoms with Gasteiger partial charge in [-0.15, -0.1) is 11.8 Å². The minimum absolute atomic E-state index is 0.645. The average Bonchev–Trinajstić information content (AvgIpc) is 2.35. The van der Waals surface area contributed by atoms with Crippen LogP contribution >= 0.6 is 11.8 Å². The van der Waals surface area contributed by atoms with Gasteiger partial charge in [0.05, 0.1) is 19.1 Å². The van der Waals surface area contributed by atoms with Gasteiger partial charge in [0.15, 0.2) is 0 Å². The van der Waals surface area contributed by atoms with Gasteiger partial charge in [-0.3, -0.25) is 5.32 Å². The Bertz CT molecular complexity index is 357. The van der Waals surface area contributed by atoms with Crippen molar-refractivity contribution in [3.8, 4) is 11.5 Å². The van der Waals surface area contributed by atoms with Crippen LogP contribution in [-0.2, 0) is 0 Å². The highest BCUT2D eigenvalue weighted by Gasteiger charge is 2.15. The standard InChI is InChI=1S/C11H17NO3S/c1-12-11(13)7-5-9(15-3)10(16-4)6-8(7)14-2/h5-6,11-13H,1-4H3. The molecule has 90 valence electrons. The summed E-state index contributed by atoms with van der Waals surface area (Å²) in [6, 6.07) is 3.64. The molecule has 1 aromatic carbocycles. The Kier molecular flexibility index (Phi) is 4.92. The molecule has 1 atom stereocenters. The van der Waals surface area contributed by atoms with Crippen LogP contribution in [0.25, 0.3) is 0 Å². The minimum atomic E-state index is -0.764. The molecule has 0 bridgehead atoms. The molecule has 5 heteroatoms. The smallest absolute Gasteiger partial charge is 0.134 e. The molecule has 0 aliphatic heterocycles. The molecule has 0 saturated heterocycles. The molecule has 0 radical (unpaired) electrons. The SMILES string of the molecule is CNC(O)c1cc(OC)c(SC)cc1OC. The highest BCUT2D eigenvalue weighted by molar-refractivity contribution is 7.98. The zero-order chi connectivity index (χ0) is 12.1. The van der Waals surface area contributed by atoms with Crippen molar-refractivity contribution in [2.24, 2.45) is 0 Å². The summed E-state index contributed by atoms with van der Waals surface area (Å²) in [5.74, 6) is 1.38. The molecule has 1 rings (SSSR count). The molecule has 0 spiro atoms. The first-order valence-corrected chi connectivity index (χ1v) is 6.05. The summed E-state index contributed by atoms with van der Waals surface area (Å²) < 4.78 is 10.5. The first-order valence-electron chi connectivity index (χ1n) is 4.83. The first kappa shape index (κ1) is 13.2. The fourth-order valence-corrected chi connectivity index (χ4v) is 1.99.